The third-order valence-electron chi connectivity index (χ3n) is 5.09. The van der Waals surface area contributed by atoms with Crippen LogP contribution in [0.3, 0.4) is 0 Å². The Bertz CT molecular complexity index is 1310. The average Bonchev–Trinajstić information content (AvgIpc) is 3.18. The molecule has 10 heteroatoms. The standard InChI is InChI=1S/C22H16F4N2O3S/c23-17-10-9-15(21(29)27-18-7-3-2-6-16(18)22(24,25)26)13-20(17)32(30,31)28-12-11-14-5-1-4-8-19(14)28/h1-10,13H,11-12H2,(H,27,29). The van der Waals surface area contributed by atoms with Gasteiger partial charge in [-0.2, -0.15) is 13.2 Å². The van der Waals surface area contributed by atoms with Crippen LogP contribution in [0.5, 0.6) is 0 Å². The molecule has 0 unspecified atom stereocenters. The summed E-state index contributed by atoms with van der Waals surface area (Å²) in [5.74, 6) is -2.07. The zero-order chi connectivity index (χ0) is 23.1. The maximum absolute atomic E-state index is 14.5. The second kappa shape index (κ2) is 7.94. The van der Waals surface area contributed by atoms with Gasteiger partial charge in [-0.25, -0.2) is 12.8 Å². The Morgan fingerprint density at radius 1 is 0.969 bits per heavy atom. The van der Waals surface area contributed by atoms with Crippen molar-refractivity contribution in [3.8, 4) is 0 Å². The van der Waals surface area contributed by atoms with Crippen LogP contribution in [0.1, 0.15) is 21.5 Å². The number of para-hydroxylation sites is 2. The largest absolute Gasteiger partial charge is 0.418 e. The topological polar surface area (TPSA) is 66.5 Å². The number of halogens is 4. The lowest BCUT2D eigenvalue weighted by Crippen LogP contribution is -2.30. The molecule has 0 aliphatic carbocycles. The number of rotatable bonds is 4. The molecule has 0 aromatic heterocycles. The summed E-state index contributed by atoms with van der Waals surface area (Å²) in [6.07, 6.45) is -4.25. The Morgan fingerprint density at radius 3 is 2.41 bits per heavy atom. The van der Waals surface area contributed by atoms with Crippen LogP contribution in [0.25, 0.3) is 0 Å². The molecule has 166 valence electrons. The van der Waals surface area contributed by atoms with Crippen LogP contribution >= 0.6 is 0 Å². The van der Waals surface area contributed by atoms with Crippen molar-refractivity contribution < 1.29 is 30.8 Å². The number of alkyl halides is 3. The van der Waals surface area contributed by atoms with Gasteiger partial charge >= 0.3 is 6.18 Å². The summed E-state index contributed by atoms with van der Waals surface area (Å²) < 4.78 is 81.4. The summed E-state index contributed by atoms with van der Waals surface area (Å²) in [5, 5.41) is 2.13. The number of carbonyl (C=O) groups is 1. The highest BCUT2D eigenvalue weighted by atomic mass is 32.2. The second-order valence-electron chi connectivity index (χ2n) is 7.10. The minimum atomic E-state index is -4.70. The van der Waals surface area contributed by atoms with E-state index in [4.69, 9.17) is 0 Å². The first-order chi connectivity index (χ1) is 15.1. The highest BCUT2D eigenvalue weighted by Crippen LogP contribution is 2.36. The predicted octanol–water partition coefficient (Wildman–Crippen LogP) is 4.85. The van der Waals surface area contributed by atoms with Crippen molar-refractivity contribution in [1.29, 1.82) is 0 Å². The van der Waals surface area contributed by atoms with E-state index in [2.05, 4.69) is 5.32 Å². The summed E-state index contributed by atoms with van der Waals surface area (Å²) >= 11 is 0. The maximum atomic E-state index is 14.5. The molecule has 5 nitrogen and oxygen atoms in total. The third kappa shape index (κ3) is 3.93. The van der Waals surface area contributed by atoms with Gasteiger partial charge < -0.3 is 5.32 Å². The normalized spacial score (nSPS) is 13.7. The molecule has 0 spiro atoms. The van der Waals surface area contributed by atoms with Gasteiger partial charge in [-0.05, 0) is 48.4 Å². The fourth-order valence-corrected chi connectivity index (χ4v) is 5.15. The average molecular weight is 464 g/mol. The van der Waals surface area contributed by atoms with Crippen LogP contribution in [-0.4, -0.2) is 20.9 Å². The van der Waals surface area contributed by atoms with Crippen molar-refractivity contribution in [1.82, 2.24) is 0 Å². The van der Waals surface area contributed by atoms with E-state index in [1.807, 2.05) is 0 Å². The molecule has 0 radical (unpaired) electrons. The van der Waals surface area contributed by atoms with Gasteiger partial charge in [0, 0.05) is 12.1 Å². The van der Waals surface area contributed by atoms with Crippen LogP contribution < -0.4 is 9.62 Å². The Labute approximate surface area is 181 Å². The van der Waals surface area contributed by atoms with Crippen molar-refractivity contribution in [2.24, 2.45) is 0 Å². The number of amides is 1. The summed E-state index contributed by atoms with van der Waals surface area (Å²) in [5.41, 5.74) is -0.645. The molecular weight excluding hydrogens is 448 g/mol. The molecular formula is C22H16F4N2O3S. The van der Waals surface area contributed by atoms with Crippen LogP contribution in [-0.2, 0) is 22.6 Å². The minimum absolute atomic E-state index is 0.108. The quantitative estimate of drug-likeness (QED) is 0.562. The van der Waals surface area contributed by atoms with Gasteiger partial charge in [-0.1, -0.05) is 30.3 Å². The van der Waals surface area contributed by atoms with Crippen LogP contribution in [0.2, 0.25) is 0 Å². The molecule has 32 heavy (non-hydrogen) atoms. The summed E-state index contributed by atoms with van der Waals surface area (Å²) in [6, 6.07) is 13.8. The summed E-state index contributed by atoms with van der Waals surface area (Å²) in [4.78, 5) is 11.9. The molecule has 0 fully saturated rings. The smallest absolute Gasteiger partial charge is 0.321 e. The fraction of sp³-hybridized carbons (Fsp3) is 0.136. The molecule has 4 rings (SSSR count). The molecule has 1 aliphatic rings. The first-order valence-electron chi connectivity index (χ1n) is 9.47. The molecule has 1 aliphatic heterocycles. The molecule has 1 heterocycles. The van der Waals surface area contributed by atoms with Crippen molar-refractivity contribution in [2.45, 2.75) is 17.5 Å². The summed E-state index contributed by atoms with van der Waals surface area (Å²) in [6.45, 7) is 0.108. The van der Waals surface area contributed by atoms with Crippen molar-refractivity contribution >= 4 is 27.3 Å². The Morgan fingerprint density at radius 2 is 1.66 bits per heavy atom. The molecule has 0 atom stereocenters. The predicted molar refractivity (Wildman–Crippen MR) is 110 cm³/mol. The number of hydrogen-bond acceptors (Lipinski definition) is 3. The Balaban J connectivity index is 1.68. The van der Waals surface area contributed by atoms with Gasteiger partial charge in [0.1, 0.15) is 10.7 Å². The summed E-state index contributed by atoms with van der Waals surface area (Å²) in [7, 11) is -4.34. The van der Waals surface area contributed by atoms with E-state index >= 15 is 0 Å². The number of nitrogens with one attached hydrogen (secondary N) is 1. The van der Waals surface area contributed by atoms with E-state index in [1.165, 1.54) is 12.1 Å². The van der Waals surface area contributed by atoms with Crippen LogP contribution in [0, 0.1) is 5.82 Å². The Kier molecular flexibility index (Phi) is 5.41. The van der Waals surface area contributed by atoms with E-state index in [0.29, 0.717) is 12.1 Å². The van der Waals surface area contributed by atoms with E-state index in [1.54, 1.807) is 24.3 Å². The highest BCUT2D eigenvalue weighted by molar-refractivity contribution is 7.92. The first-order valence-corrected chi connectivity index (χ1v) is 10.9. The molecule has 0 saturated heterocycles. The lowest BCUT2D eigenvalue weighted by atomic mass is 10.1. The van der Waals surface area contributed by atoms with Crippen molar-refractivity contribution in [3.05, 3.63) is 89.2 Å². The van der Waals surface area contributed by atoms with Gasteiger partial charge in [-0.15, -0.1) is 0 Å². The van der Waals surface area contributed by atoms with Crippen LogP contribution in [0.4, 0.5) is 28.9 Å². The van der Waals surface area contributed by atoms with Gasteiger partial charge in [0.2, 0.25) is 0 Å². The van der Waals surface area contributed by atoms with E-state index in [0.717, 1.165) is 40.2 Å². The number of anilines is 2. The molecule has 0 saturated carbocycles. The SMILES string of the molecule is O=C(Nc1ccccc1C(F)(F)F)c1ccc(F)c(S(=O)(=O)N2CCc3ccccc32)c1. The lowest BCUT2D eigenvalue weighted by Gasteiger charge is -2.20. The third-order valence-corrected chi connectivity index (χ3v) is 6.91. The molecule has 1 amide bonds. The molecule has 3 aromatic rings. The fourth-order valence-electron chi connectivity index (χ4n) is 3.55. The minimum Gasteiger partial charge on any atom is -0.321 e. The zero-order valence-electron chi connectivity index (χ0n) is 16.4. The number of sulfonamides is 1. The number of hydrogen-bond donors (Lipinski definition) is 1. The number of carbonyl (C=O) groups excluding carboxylic acids is 1. The molecule has 1 N–H and O–H groups in total. The number of nitrogens with zero attached hydrogens (tertiary/aromatic N) is 1. The highest BCUT2D eigenvalue weighted by Gasteiger charge is 2.35. The van der Waals surface area contributed by atoms with Gasteiger partial charge in [-0.3, -0.25) is 9.10 Å². The van der Waals surface area contributed by atoms with Crippen molar-refractivity contribution in [2.75, 3.05) is 16.2 Å². The number of fused-ring (bicyclic) bond motifs is 1. The zero-order valence-corrected chi connectivity index (χ0v) is 17.2. The second-order valence-corrected chi connectivity index (χ2v) is 8.93. The van der Waals surface area contributed by atoms with Gasteiger partial charge in [0.25, 0.3) is 15.9 Å². The number of benzene rings is 3. The maximum Gasteiger partial charge on any atom is 0.418 e. The lowest BCUT2D eigenvalue weighted by molar-refractivity contribution is -0.136. The Hall–Kier alpha value is -3.40. The van der Waals surface area contributed by atoms with E-state index < -0.39 is 44.1 Å². The molecule has 0 bridgehead atoms. The van der Waals surface area contributed by atoms with Crippen LogP contribution in [0.15, 0.2) is 71.6 Å². The molecule has 3 aromatic carbocycles. The van der Waals surface area contributed by atoms with Gasteiger partial charge in [0.15, 0.2) is 0 Å². The van der Waals surface area contributed by atoms with Crippen molar-refractivity contribution in [3.63, 3.8) is 0 Å². The van der Waals surface area contributed by atoms with E-state index in [-0.39, 0.29) is 12.1 Å². The monoisotopic (exact) mass is 464 g/mol. The van der Waals surface area contributed by atoms with Gasteiger partial charge in [0.05, 0.1) is 16.9 Å². The van der Waals surface area contributed by atoms with E-state index in [9.17, 15) is 30.8 Å². The first kappa shape index (κ1) is 21.8.